The summed E-state index contributed by atoms with van der Waals surface area (Å²) in [7, 11) is 5.63. The molecule has 3 heterocycles. The summed E-state index contributed by atoms with van der Waals surface area (Å²) < 4.78 is 16.7. The quantitative estimate of drug-likeness (QED) is 0.316. The fraction of sp³-hybridized carbons (Fsp3) is 0.700. The second-order valence-corrected chi connectivity index (χ2v) is 11.6. The van der Waals surface area contributed by atoms with Crippen molar-refractivity contribution in [1.29, 1.82) is 0 Å². The van der Waals surface area contributed by atoms with Gasteiger partial charge in [0.05, 0.1) is 19.6 Å². The molecule has 2 saturated heterocycles. The molecular formula is C30H46N4O7. The number of carbonyl (C=O) groups excluding carboxylic acids is 2. The standard InChI is InChI=1S/C30H46N4O7/c1-5-6-12-32(13-8-7-11-31(2)3)27(36)19-34-17-22(21-15-24(39-4)29-25(16-21)40-20-41-29)28(30(37)38)23(34)18-33-14-9-10-26(33)35/h15-16,22-23,28H,5-14,17-20H2,1-4H3,(H,37,38). The van der Waals surface area contributed by atoms with Crippen molar-refractivity contribution < 1.29 is 33.7 Å². The molecule has 0 spiro atoms. The monoisotopic (exact) mass is 574 g/mol. The molecule has 1 N–H and O–H groups in total. The van der Waals surface area contributed by atoms with Crippen molar-refractivity contribution in [3.05, 3.63) is 17.7 Å². The van der Waals surface area contributed by atoms with Gasteiger partial charge in [-0.15, -0.1) is 0 Å². The van der Waals surface area contributed by atoms with Crippen LogP contribution in [0.3, 0.4) is 0 Å². The molecule has 0 aliphatic carbocycles. The maximum Gasteiger partial charge on any atom is 0.308 e. The van der Waals surface area contributed by atoms with Crippen molar-refractivity contribution in [2.45, 2.75) is 57.4 Å². The van der Waals surface area contributed by atoms with E-state index in [0.29, 0.717) is 56.4 Å². The fourth-order valence-electron chi connectivity index (χ4n) is 6.26. The number of hydrogen-bond donors (Lipinski definition) is 1. The van der Waals surface area contributed by atoms with Crippen molar-refractivity contribution in [3.63, 3.8) is 0 Å². The van der Waals surface area contributed by atoms with Crippen LogP contribution in [-0.2, 0) is 14.4 Å². The summed E-state index contributed by atoms with van der Waals surface area (Å²) in [6, 6.07) is 3.14. The van der Waals surface area contributed by atoms with E-state index in [1.165, 1.54) is 0 Å². The average Bonchev–Trinajstić information content (AvgIpc) is 3.66. The molecule has 3 atom stereocenters. The number of fused-ring (bicyclic) bond motifs is 1. The number of carboxylic acids is 1. The maximum atomic E-state index is 13.7. The Morgan fingerprint density at radius 2 is 1.88 bits per heavy atom. The van der Waals surface area contributed by atoms with Crippen LogP contribution >= 0.6 is 0 Å². The Morgan fingerprint density at radius 3 is 2.54 bits per heavy atom. The molecule has 1 aromatic rings. The first kappa shape index (κ1) is 30.9. The third kappa shape index (κ3) is 7.43. The van der Waals surface area contributed by atoms with Gasteiger partial charge in [-0.3, -0.25) is 19.3 Å². The van der Waals surface area contributed by atoms with E-state index in [1.54, 1.807) is 12.0 Å². The number of nitrogens with zero attached hydrogens (tertiary/aromatic N) is 4. The summed E-state index contributed by atoms with van der Waals surface area (Å²) in [6.07, 6.45) is 5.06. The number of ether oxygens (including phenoxy) is 3. The normalized spacial score (nSPS) is 22.1. The molecule has 1 aromatic carbocycles. The highest BCUT2D eigenvalue weighted by molar-refractivity contribution is 5.80. The van der Waals surface area contributed by atoms with Crippen LogP contribution in [0, 0.1) is 5.92 Å². The molecule has 3 aliphatic rings. The number of unbranched alkanes of at least 4 members (excludes halogenated alkanes) is 2. The zero-order valence-electron chi connectivity index (χ0n) is 25.0. The minimum atomic E-state index is -0.940. The summed E-state index contributed by atoms with van der Waals surface area (Å²) >= 11 is 0. The number of carboxylic acid groups (broad SMARTS) is 1. The van der Waals surface area contributed by atoms with Crippen molar-refractivity contribution in [2.75, 3.05) is 73.8 Å². The van der Waals surface area contributed by atoms with E-state index >= 15 is 0 Å². The zero-order valence-corrected chi connectivity index (χ0v) is 25.0. The number of hydrogen-bond acceptors (Lipinski definition) is 8. The number of rotatable bonds is 15. The number of benzene rings is 1. The van der Waals surface area contributed by atoms with E-state index < -0.39 is 23.8 Å². The lowest BCUT2D eigenvalue weighted by molar-refractivity contribution is -0.144. The third-order valence-electron chi connectivity index (χ3n) is 8.48. The summed E-state index contributed by atoms with van der Waals surface area (Å²) in [5.74, 6) is -0.608. The van der Waals surface area contributed by atoms with Gasteiger partial charge in [0.2, 0.25) is 24.4 Å². The maximum absolute atomic E-state index is 13.7. The molecule has 0 saturated carbocycles. The van der Waals surface area contributed by atoms with Crippen molar-refractivity contribution >= 4 is 17.8 Å². The fourth-order valence-corrected chi connectivity index (χ4v) is 6.26. The molecule has 11 heteroatoms. The average molecular weight is 575 g/mol. The van der Waals surface area contributed by atoms with Gasteiger partial charge in [-0.25, -0.2) is 0 Å². The summed E-state index contributed by atoms with van der Waals surface area (Å²) in [5, 5.41) is 10.5. The van der Waals surface area contributed by atoms with Gasteiger partial charge >= 0.3 is 5.97 Å². The summed E-state index contributed by atoms with van der Waals surface area (Å²) in [4.78, 5) is 47.0. The minimum Gasteiger partial charge on any atom is -0.493 e. The molecule has 2 fully saturated rings. The SMILES string of the molecule is CCCCN(CCCCN(C)C)C(=O)CN1CC(c2cc(OC)c3c(c2)OCO3)C(C(=O)O)C1CN1CCCC1=O. The smallest absolute Gasteiger partial charge is 0.308 e. The lowest BCUT2D eigenvalue weighted by Crippen LogP contribution is -2.49. The minimum absolute atomic E-state index is 0.00843. The van der Waals surface area contributed by atoms with Crippen molar-refractivity contribution in [2.24, 2.45) is 5.92 Å². The van der Waals surface area contributed by atoms with Crippen LogP contribution in [0.5, 0.6) is 17.2 Å². The molecule has 0 bridgehead atoms. The lowest BCUT2D eigenvalue weighted by atomic mass is 9.84. The van der Waals surface area contributed by atoms with Crippen molar-refractivity contribution in [3.8, 4) is 17.2 Å². The van der Waals surface area contributed by atoms with Gasteiger partial charge in [-0.05, 0) is 64.0 Å². The van der Waals surface area contributed by atoms with Crippen LogP contribution in [0.15, 0.2) is 12.1 Å². The largest absolute Gasteiger partial charge is 0.493 e. The second kappa shape index (κ2) is 14.2. The van der Waals surface area contributed by atoms with Crippen LogP contribution in [0.4, 0.5) is 0 Å². The van der Waals surface area contributed by atoms with Crippen LogP contribution in [-0.4, -0.2) is 122 Å². The van der Waals surface area contributed by atoms with Gasteiger partial charge in [-0.1, -0.05) is 13.3 Å². The van der Waals surface area contributed by atoms with Gasteiger partial charge in [0.25, 0.3) is 0 Å². The molecule has 11 nitrogen and oxygen atoms in total. The Labute approximate surface area is 243 Å². The van der Waals surface area contributed by atoms with Gasteiger partial charge in [0, 0.05) is 51.1 Å². The Hall–Kier alpha value is -3.05. The number of carbonyl (C=O) groups is 3. The highest BCUT2D eigenvalue weighted by atomic mass is 16.7. The third-order valence-corrected chi connectivity index (χ3v) is 8.48. The molecule has 228 valence electrons. The van der Waals surface area contributed by atoms with Crippen LogP contribution in [0.2, 0.25) is 0 Å². The van der Waals surface area contributed by atoms with Crippen LogP contribution in [0.25, 0.3) is 0 Å². The summed E-state index contributed by atoms with van der Waals surface area (Å²) in [6.45, 7) is 5.91. The zero-order chi connectivity index (χ0) is 29.5. The van der Waals surface area contributed by atoms with Gasteiger partial charge in [-0.2, -0.15) is 0 Å². The highest BCUT2D eigenvalue weighted by Crippen LogP contribution is 2.47. The van der Waals surface area contributed by atoms with E-state index in [-0.39, 0.29) is 25.2 Å². The first-order valence-corrected chi connectivity index (χ1v) is 14.9. The summed E-state index contributed by atoms with van der Waals surface area (Å²) in [5.41, 5.74) is 0.762. The molecule has 0 aromatic heterocycles. The molecule has 0 radical (unpaired) electrons. The van der Waals surface area contributed by atoms with Gasteiger partial charge in [0.15, 0.2) is 11.5 Å². The molecule has 3 unspecified atom stereocenters. The molecule has 3 aliphatic heterocycles. The molecule has 4 rings (SSSR count). The van der Waals surface area contributed by atoms with Crippen LogP contribution < -0.4 is 14.2 Å². The van der Waals surface area contributed by atoms with E-state index in [0.717, 1.165) is 44.2 Å². The van der Waals surface area contributed by atoms with E-state index in [2.05, 4.69) is 11.8 Å². The van der Waals surface area contributed by atoms with Crippen molar-refractivity contribution in [1.82, 2.24) is 19.6 Å². The van der Waals surface area contributed by atoms with E-state index in [9.17, 15) is 19.5 Å². The predicted molar refractivity (Wildman–Crippen MR) is 153 cm³/mol. The first-order valence-electron chi connectivity index (χ1n) is 14.9. The lowest BCUT2D eigenvalue weighted by Gasteiger charge is -2.32. The Morgan fingerprint density at radius 1 is 1.12 bits per heavy atom. The second-order valence-electron chi connectivity index (χ2n) is 11.6. The number of methoxy groups -OCH3 is 1. The highest BCUT2D eigenvalue weighted by Gasteiger charge is 2.49. The number of likely N-dealkylation sites (tertiary alicyclic amines) is 2. The van der Waals surface area contributed by atoms with E-state index in [1.807, 2.05) is 36.0 Å². The first-order chi connectivity index (χ1) is 19.7. The van der Waals surface area contributed by atoms with Gasteiger partial charge < -0.3 is 34.0 Å². The number of amides is 2. The molecular weight excluding hydrogens is 528 g/mol. The Kier molecular flexibility index (Phi) is 10.7. The number of aliphatic carboxylic acids is 1. The Balaban J connectivity index is 1.59. The molecule has 2 amide bonds. The van der Waals surface area contributed by atoms with Gasteiger partial charge in [0.1, 0.15) is 0 Å². The topological polar surface area (TPSA) is 112 Å². The molecule has 41 heavy (non-hydrogen) atoms. The van der Waals surface area contributed by atoms with Crippen LogP contribution in [0.1, 0.15) is 56.9 Å². The van der Waals surface area contributed by atoms with E-state index in [4.69, 9.17) is 14.2 Å². The Bertz CT molecular complexity index is 1080. The predicted octanol–water partition coefficient (Wildman–Crippen LogP) is 2.49.